The van der Waals surface area contributed by atoms with Crippen LogP contribution in [0, 0.1) is 0 Å². The fourth-order valence-electron chi connectivity index (χ4n) is 3.05. The van der Waals surface area contributed by atoms with Crippen LogP contribution in [-0.2, 0) is 32.2 Å². The van der Waals surface area contributed by atoms with Crippen molar-refractivity contribution >= 4 is 43.1 Å². The molecule has 0 aliphatic carbocycles. The Bertz CT molecular complexity index is 1180. The van der Waals surface area contributed by atoms with Crippen LogP contribution in [0.25, 0.3) is 10.4 Å². The van der Waals surface area contributed by atoms with Gasteiger partial charge in [0.05, 0.1) is 33.8 Å². The summed E-state index contributed by atoms with van der Waals surface area (Å²) in [6, 6.07) is 4.75. The number of fused-ring (bicyclic) bond motifs is 1. The minimum atomic E-state index is -4.54. The molecule has 3 heterocycles. The summed E-state index contributed by atoms with van der Waals surface area (Å²) in [4.78, 5) is 5.21. The van der Waals surface area contributed by atoms with Gasteiger partial charge in [-0.3, -0.25) is 0 Å². The van der Waals surface area contributed by atoms with Crippen LogP contribution < -0.4 is 4.57 Å². The highest BCUT2D eigenvalue weighted by molar-refractivity contribution is 7.88. The number of aliphatic imine (C=N–C) groups is 1. The summed E-state index contributed by atoms with van der Waals surface area (Å²) >= 11 is 0.879. The standard InChI is InChI=1S/C17H20N2O6S3/c1-11-17(2,3)13-9-12(14-5-6-15(26-14)28(23,24)25)10-19(16(13)18-11)7-4-8-27(20,21)22/h5-6,9-10H,4,7-8H2,1-3H3,(H-,20,21,22,23,24,25)/p-1. The zero-order valence-corrected chi connectivity index (χ0v) is 17.9. The molecule has 0 N–H and O–H groups in total. The maximum atomic E-state index is 11.3. The summed E-state index contributed by atoms with van der Waals surface area (Å²) in [5.41, 5.74) is 2.13. The molecule has 0 saturated heterocycles. The molecule has 0 aromatic carbocycles. The Morgan fingerprint density at radius 2 is 1.86 bits per heavy atom. The van der Waals surface area contributed by atoms with E-state index in [-0.39, 0.29) is 22.6 Å². The van der Waals surface area contributed by atoms with Crippen LogP contribution in [0.1, 0.15) is 32.8 Å². The summed E-state index contributed by atoms with van der Waals surface area (Å²) in [5.74, 6) is 0.200. The summed E-state index contributed by atoms with van der Waals surface area (Å²) in [5, 5.41) is 0. The zero-order chi connectivity index (χ0) is 20.9. The normalized spacial score (nSPS) is 16.1. The number of aromatic nitrogens is 1. The molecule has 0 bridgehead atoms. The van der Waals surface area contributed by atoms with E-state index < -0.39 is 26.0 Å². The van der Waals surface area contributed by atoms with Gasteiger partial charge < -0.3 is 9.11 Å². The number of hydrogen-bond acceptors (Lipinski definition) is 8. The minimum absolute atomic E-state index is 0.131. The van der Waals surface area contributed by atoms with E-state index in [1.807, 2.05) is 26.8 Å². The molecule has 0 spiro atoms. The van der Waals surface area contributed by atoms with Gasteiger partial charge in [0.2, 0.25) is 0 Å². The predicted molar refractivity (Wildman–Crippen MR) is 103 cm³/mol. The van der Waals surface area contributed by atoms with Gasteiger partial charge in [0, 0.05) is 16.2 Å². The average molecular weight is 444 g/mol. The molecule has 1 aliphatic heterocycles. The third-order valence-corrected chi connectivity index (χ3v) is 8.07. The first-order valence-corrected chi connectivity index (χ1v) is 12.2. The maximum Gasteiger partial charge on any atom is 0.327 e. The second-order valence-corrected chi connectivity index (χ2v) is 11.4. The summed E-state index contributed by atoms with van der Waals surface area (Å²) in [6.07, 6.45) is 1.87. The first kappa shape index (κ1) is 21.1. The molecule has 11 heteroatoms. The Balaban J connectivity index is 2.07. The highest BCUT2D eigenvalue weighted by atomic mass is 32.3. The molecule has 152 valence electrons. The molecule has 0 atom stereocenters. The third-order valence-electron chi connectivity index (χ3n) is 4.86. The van der Waals surface area contributed by atoms with Crippen molar-refractivity contribution in [1.82, 2.24) is 0 Å². The Morgan fingerprint density at radius 1 is 1.18 bits per heavy atom. The number of aryl methyl sites for hydroxylation is 1. The van der Waals surface area contributed by atoms with Gasteiger partial charge in [-0.05, 0) is 50.4 Å². The van der Waals surface area contributed by atoms with Gasteiger partial charge >= 0.3 is 5.82 Å². The van der Waals surface area contributed by atoms with Crippen molar-refractivity contribution in [1.29, 1.82) is 0 Å². The Kier molecular flexibility index (Phi) is 5.26. The third kappa shape index (κ3) is 4.18. The SMILES string of the molecule is CC1=Nc2c(cc(-c3ccc(S(=O)(=O)[O-])s3)c[n+]2CCCS(=O)(=O)[O-])C1(C)C. The number of thiophene rings is 1. The second-order valence-electron chi connectivity index (χ2n) is 7.17. The number of nitrogens with zero attached hydrogens (tertiary/aromatic N) is 2. The first-order chi connectivity index (χ1) is 12.8. The molecule has 3 rings (SSSR count). The van der Waals surface area contributed by atoms with E-state index in [9.17, 15) is 25.9 Å². The Labute approximate surface area is 168 Å². The maximum absolute atomic E-state index is 11.3. The smallest absolute Gasteiger partial charge is 0.327 e. The minimum Gasteiger partial charge on any atom is -0.748 e. The molecule has 0 amide bonds. The van der Waals surface area contributed by atoms with E-state index in [2.05, 4.69) is 4.99 Å². The zero-order valence-electron chi connectivity index (χ0n) is 15.5. The van der Waals surface area contributed by atoms with E-state index in [1.54, 1.807) is 16.8 Å². The van der Waals surface area contributed by atoms with E-state index in [0.717, 1.165) is 22.6 Å². The highest BCUT2D eigenvalue weighted by Crippen LogP contribution is 2.40. The highest BCUT2D eigenvalue weighted by Gasteiger charge is 2.41. The van der Waals surface area contributed by atoms with Crippen molar-refractivity contribution in [3.8, 4) is 10.4 Å². The van der Waals surface area contributed by atoms with E-state index in [0.29, 0.717) is 16.3 Å². The van der Waals surface area contributed by atoms with Crippen LogP contribution in [-0.4, -0.2) is 37.4 Å². The lowest BCUT2D eigenvalue weighted by atomic mass is 9.82. The molecule has 0 saturated carbocycles. The van der Waals surface area contributed by atoms with E-state index in [4.69, 9.17) is 0 Å². The van der Waals surface area contributed by atoms with E-state index in [1.165, 1.54) is 6.07 Å². The number of pyridine rings is 1. The van der Waals surface area contributed by atoms with Crippen LogP contribution in [0.15, 0.2) is 33.6 Å². The molecule has 8 nitrogen and oxygen atoms in total. The molecule has 28 heavy (non-hydrogen) atoms. The van der Waals surface area contributed by atoms with Crippen LogP contribution >= 0.6 is 11.3 Å². The van der Waals surface area contributed by atoms with Gasteiger partial charge in [-0.25, -0.2) is 21.4 Å². The van der Waals surface area contributed by atoms with E-state index >= 15 is 0 Å². The molecule has 2 aromatic rings. The molecule has 1 aliphatic rings. The number of rotatable bonds is 6. The molecular weight excluding hydrogens is 424 g/mol. The monoisotopic (exact) mass is 443 g/mol. The van der Waals surface area contributed by atoms with Crippen molar-refractivity contribution in [2.45, 2.75) is 43.4 Å². The predicted octanol–water partition coefficient (Wildman–Crippen LogP) is 1.93. The second kappa shape index (κ2) is 6.99. The van der Waals surface area contributed by atoms with Gasteiger partial charge in [0.1, 0.15) is 20.0 Å². The van der Waals surface area contributed by atoms with Crippen molar-refractivity contribution < 1.29 is 30.5 Å². The summed E-state index contributed by atoms with van der Waals surface area (Å²) < 4.78 is 68.0. The summed E-state index contributed by atoms with van der Waals surface area (Å²) in [6.45, 7) is 6.19. The van der Waals surface area contributed by atoms with Gasteiger partial charge in [0.15, 0.2) is 0 Å². The van der Waals surface area contributed by atoms with Crippen LogP contribution in [0.4, 0.5) is 5.82 Å². The lowest BCUT2D eigenvalue weighted by molar-refractivity contribution is -0.683. The number of hydrogen-bond donors (Lipinski definition) is 0. The molecule has 0 radical (unpaired) electrons. The largest absolute Gasteiger partial charge is 0.748 e. The van der Waals surface area contributed by atoms with Crippen LogP contribution in [0.2, 0.25) is 0 Å². The van der Waals surface area contributed by atoms with Crippen molar-refractivity contribution in [2.75, 3.05) is 5.75 Å². The first-order valence-electron chi connectivity index (χ1n) is 8.42. The molecular formula is C17H19N2O6S3-. The molecule has 2 aromatic heterocycles. The Hall–Kier alpha value is -1.66. The Morgan fingerprint density at radius 3 is 2.43 bits per heavy atom. The lowest BCUT2D eigenvalue weighted by Gasteiger charge is -2.17. The summed E-state index contributed by atoms with van der Waals surface area (Å²) in [7, 11) is -8.85. The van der Waals surface area contributed by atoms with Crippen molar-refractivity contribution in [3.63, 3.8) is 0 Å². The quantitative estimate of drug-likeness (QED) is 0.495. The van der Waals surface area contributed by atoms with Crippen molar-refractivity contribution in [3.05, 3.63) is 30.0 Å². The van der Waals surface area contributed by atoms with Gasteiger partial charge in [-0.15, -0.1) is 11.3 Å². The molecule has 0 fully saturated rings. The fourth-order valence-corrected chi connectivity index (χ4v) is 5.16. The van der Waals surface area contributed by atoms with Crippen LogP contribution in [0.3, 0.4) is 0 Å². The molecule has 0 unspecified atom stereocenters. The van der Waals surface area contributed by atoms with Crippen LogP contribution in [0.5, 0.6) is 0 Å². The average Bonchev–Trinajstić information content (AvgIpc) is 3.11. The fraction of sp³-hybridized carbons (Fsp3) is 0.412. The lowest BCUT2D eigenvalue weighted by Crippen LogP contribution is -2.36. The van der Waals surface area contributed by atoms with Gasteiger partial charge in [-0.2, -0.15) is 0 Å². The van der Waals surface area contributed by atoms with Gasteiger partial charge in [-0.1, -0.05) is 0 Å². The topological polar surface area (TPSA) is 131 Å². The van der Waals surface area contributed by atoms with Crippen molar-refractivity contribution in [2.24, 2.45) is 4.99 Å². The van der Waals surface area contributed by atoms with Gasteiger partial charge in [0.25, 0.3) is 0 Å².